The van der Waals surface area contributed by atoms with E-state index >= 15 is 0 Å². The molecule has 0 bridgehead atoms. The fourth-order valence-corrected chi connectivity index (χ4v) is 3.18. The molecular weight excluding hydrogens is 577 g/mol. The highest BCUT2D eigenvalue weighted by Crippen LogP contribution is 2.20. The van der Waals surface area contributed by atoms with E-state index in [-0.39, 0.29) is 11.9 Å². The molecule has 0 aliphatic carbocycles. The van der Waals surface area contributed by atoms with E-state index in [0.29, 0.717) is 69.4 Å². The number of hydrogen-bond donors (Lipinski definition) is 3. The molecular formula is C27H37F3N6O7. The molecule has 1 heterocycles. The van der Waals surface area contributed by atoms with Crippen molar-refractivity contribution in [3.8, 4) is 6.01 Å². The van der Waals surface area contributed by atoms with Crippen LogP contribution in [0, 0.1) is 0 Å². The van der Waals surface area contributed by atoms with Crippen molar-refractivity contribution >= 4 is 29.6 Å². The fraction of sp³-hybridized carbons (Fsp3) is 0.519. The Labute approximate surface area is 247 Å². The third-order valence-electron chi connectivity index (χ3n) is 5.12. The van der Waals surface area contributed by atoms with E-state index in [4.69, 9.17) is 18.9 Å². The second-order valence-corrected chi connectivity index (χ2v) is 8.95. The molecule has 0 spiro atoms. The first kappa shape index (κ1) is 35.0. The second-order valence-electron chi connectivity index (χ2n) is 8.95. The first-order chi connectivity index (χ1) is 20.6. The predicted molar refractivity (Wildman–Crippen MR) is 150 cm³/mol. The van der Waals surface area contributed by atoms with Gasteiger partial charge in [-0.25, -0.2) is 9.59 Å². The summed E-state index contributed by atoms with van der Waals surface area (Å²) >= 11 is 0. The van der Waals surface area contributed by atoms with Crippen molar-refractivity contribution in [2.45, 2.75) is 38.8 Å². The number of unbranched alkanes of at least 4 members (excludes halogenated alkanes) is 1. The van der Waals surface area contributed by atoms with Crippen LogP contribution in [0.4, 0.5) is 35.5 Å². The van der Waals surface area contributed by atoms with Crippen LogP contribution >= 0.6 is 0 Å². The first-order valence-corrected chi connectivity index (χ1v) is 13.5. The van der Waals surface area contributed by atoms with Crippen LogP contribution in [0.5, 0.6) is 6.01 Å². The predicted octanol–water partition coefficient (Wildman–Crippen LogP) is 4.61. The van der Waals surface area contributed by atoms with Gasteiger partial charge in [0, 0.05) is 45.2 Å². The smallest absolute Gasteiger partial charge is 0.422 e. The lowest BCUT2D eigenvalue weighted by Crippen LogP contribution is -2.25. The first-order valence-electron chi connectivity index (χ1n) is 13.5. The number of rotatable bonds is 20. The van der Waals surface area contributed by atoms with E-state index in [2.05, 4.69) is 42.2 Å². The van der Waals surface area contributed by atoms with Gasteiger partial charge in [0.15, 0.2) is 6.61 Å². The molecule has 2 aromatic rings. The number of carbonyl (C=O) groups excluding carboxylic acids is 2. The van der Waals surface area contributed by atoms with E-state index in [1.165, 1.54) is 19.2 Å². The van der Waals surface area contributed by atoms with Crippen molar-refractivity contribution in [1.29, 1.82) is 0 Å². The van der Waals surface area contributed by atoms with Crippen LogP contribution in [0.3, 0.4) is 0 Å². The van der Waals surface area contributed by atoms with E-state index in [1.54, 1.807) is 19.1 Å². The Bertz CT molecular complexity index is 1150. The van der Waals surface area contributed by atoms with Gasteiger partial charge in [0.05, 0.1) is 18.4 Å². The Hall–Kier alpha value is -4.18. The van der Waals surface area contributed by atoms with Crippen LogP contribution in [0.1, 0.15) is 43.0 Å². The molecule has 0 unspecified atom stereocenters. The van der Waals surface area contributed by atoms with E-state index in [1.807, 2.05) is 0 Å². The van der Waals surface area contributed by atoms with Gasteiger partial charge in [-0.3, -0.25) is 0 Å². The zero-order chi connectivity index (χ0) is 31.5. The number of allylic oxidation sites excluding steroid dienone is 1. The quantitative estimate of drug-likeness (QED) is 0.108. The van der Waals surface area contributed by atoms with E-state index in [0.717, 1.165) is 12.8 Å². The summed E-state index contributed by atoms with van der Waals surface area (Å²) in [4.78, 5) is 34.9. The van der Waals surface area contributed by atoms with Gasteiger partial charge in [0.25, 0.3) is 0 Å². The fourth-order valence-electron chi connectivity index (χ4n) is 3.18. The molecule has 238 valence electrons. The maximum absolute atomic E-state index is 12.7. The third-order valence-corrected chi connectivity index (χ3v) is 5.12. The standard InChI is InChI=1S/C27H37F3N6O7/c1-19(2)43-26(38)32-13-7-17-41-15-5-4-14-40-16-6-12-31-23-34-24(36-25(35-23)42-18-27(28,29)30)33-21-10-8-20(9-11-21)22(37)39-3/h8-11H,1,4-7,12-18H2,2-3H3,(H,32,38)(H2,31,33,34,35,36). The SMILES string of the molecule is C=C(C)OC(=O)NCCCOCCCCOCCCNc1nc(Nc2ccc(C(=O)OC)cc2)nc(OCC(F)(F)F)n1. The maximum atomic E-state index is 12.7. The summed E-state index contributed by atoms with van der Waals surface area (Å²) in [5, 5.41) is 8.37. The van der Waals surface area contributed by atoms with Crippen molar-refractivity contribution in [3.05, 3.63) is 42.2 Å². The zero-order valence-corrected chi connectivity index (χ0v) is 24.1. The summed E-state index contributed by atoms with van der Waals surface area (Å²) < 4.78 is 63.2. The number of alkyl carbamates (subject to hydrolysis) is 1. The van der Waals surface area contributed by atoms with Gasteiger partial charge >= 0.3 is 24.2 Å². The molecule has 1 aromatic heterocycles. The number of aromatic nitrogens is 3. The Morgan fingerprint density at radius 2 is 1.49 bits per heavy atom. The zero-order valence-electron chi connectivity index (χ0n) is 24.1. The minimum atomic E-state index is -4.57. The highest BCUT2D eigenvalue weighted by molar-refractivity contribution is 5.89. The Kier molecular flexibility index (Phi) is 15.5. The van der Waals surface area contributed by atoms with Gasteiger partial charge in [0.2, 0.25) is 11.9 Å². The summed E-state index contributed by atoms with van der Waals surface area (Å²) in [6.07, 6.45) is -2.24. The van der Waals surface area contributed by atoms with Crippen LogP contribution < -0.4 is 20.7 Å². The number of ether oxygens (including phenoxy) is 5. The number of esters is 1. The molecule has 2 rings (SSSR count). The molecule has 0 saturated carbocycles. The topological polar surface area (TPSA) is 155 Å². The van der Waals surface area contributed by atoms with Crippen LogP contribution in [-0.2, 0) is 18.9 Å². The molecule has 0 fully saturated rings. The molecule has 43 heavy (non-hydrogen) atoms. The molecule has 0 atom stereocenters. The molecule has 0 saturated heterocycles. The van der Waals surface area contributed by atoms with Gasteiger partial charge in [-0.15, -0.1) is 0 Å². The highest BCUT2D eigenvalue weighted by atomic mass is 19.4. The minimum absolute atomic E-state index is 0.0147. The summed E-state index contributed by atoms with van der Waals surface area (Å²) in [5.74, 6) is -0.228. The summed E-state index contributed by atoms with van der Waals surface area (Å²) in [6, 6.07) is 5.63. The number of halogens is 3. The van der Waals surface area contributed by atoms with Crippen molar-refractivity contribution in [3.63, 3.8) is 0 Å². The van der Waals surface area contributed by atoms with Crippen LogP contribution in [0.2, 0.25) is 0 Å². The molecule has 1 aromatic carbocycles. The minimum Gasteiger partial charge on any atom is -0.465 e. The molecule has 3 N–H and O–H groups in total. The van der Waals surface area contributed by atoms with Gasteiger partial charge in [-0.1, -0.05) is 6.58 Å². The number of anilines is 3. The number of hydrogen-bond acceptors (Lipinski definition) is 12. The molecule has 0 aliphatic rings. The lowest BCUT2D eigenvalue weighted by atomic mass is 10.2. The Balaban J connectivity index is 1.68. The van der Waals surface area contributed by atoms with Crippen molar-refractivity contribution in [1.82, 2.24) is 20.3 Å². The van der Waals surface area contributed by atoms with Crippen molar-refractivity contribution in [2.75, 3.05) is 63.9 Å². The van der Waals surface area contributed by atoms with Crippen LogP contribution in [-0.4, -0.2) is 86.4 Å². The average molecular weight is 615 g/mol. The lowest BCUT2D eigenvalue weighted by Gasteiger charge is -2.12. The molecule has 13 nitrogen and oxygen atoms in total. The number of benzene rings is 1. The number of amides is 1. The van der Waals surface area contributed by atoms with Crippen molar-refractivity contribution < 1.29 is 46.4 Å². The number of nitrogens with zero attached hydrogens (tertiary/aromatic N) is 3. The number of methoxy groups -OCH3 is 1. The summed E-state index contributed by atoms with van der Waals surface area (Å²) in [7, 11) is 1.26. The molecule has 0 radical (unpaired) electrons. The monoisotopic (exact) mass is 614 g/mol. The highest BCUT2D eigenvalue weighted by Gasteiger charge is 2.29. The van der Waals surface area contributed by atoms with E-state index in [9.17, 15) is 22.8 Å². The van der Waals surface area contributed by atoms with Crippen LogP contribution in [0.15, 0.2) is 36.6 Å². The number of nitrogens with one attached hydrogen (secondary N) is 3. The third kappa shape index (κ3) is 16.1. The maximum Gasteiger partial charge on any atom is 0.422 e. The Morgan fingerprint density at radius 1 is 0.884 bits per heavy atom. The van der Waals surface area contributed by atoms with Crippen LogP contribution in [0.25, 0.3) is 0 Å². The van der Waals surface area contributed by atoms with Gasteiger partial charge in [0.1, 0.15) is 0 Å². The molecule has 1 amide bonds. The van der Waals surface area contributed by atoms with Gasteiger partial charge in [-0.05, 0) is 56.9 Å². The largest absolute Gasteiger partial charge is 0.465 e. The number of carbonyl (C=O) groups is 2. The lowest BCUT2D eigenvalue weighted by molar-refractivity contribution is -0.154. The second kappa shape index (κ2) is 19.1. The van der Waals surface area contributed by atoms with Gasteiger partial charge in [-0.2, -0.15) is 28.1 Å². The number of alkyl halides is 3. The molecule has 16 heteroatoms. The summed E-state index contributed by atoms with van der Waals surface area (Å²) in [6.45, 7) is 6.41. The van der Waals surface area contributed by atoms with E-state index < -0.39 is 30.9 Å². The Morgan fingerprint density at radius 3 is 2.09 bits per heavy atom. The average Bonchev–Trinajstić information content (AvgIpc) is 2.95. The van der Waals surface area contributed by atoms with Crippen molar-refractivity contribution in [2.24, 2.45) is 0 Å². The molecule has 0 aliphatic heterocycles. The normalized spacial score (nSPS) is 11.0. The van der Waals surface area contributed by atoms with Gasteiger partial charge < -0.3 is 39.6 Å². The summed E-state index contributed by atoms with van der Waals surface area (Å²) in [5.41, 5.74) is 0.795.